The first-order chi connectivity index (χ1) is 20.8. The van der Waals surface area contributed by atoms with Crippen LogP contribution in [0.3, 0.4) is 0 Å². The maximum Gasteiger partial charge on any atom is 0.343 e. The third-order valence-electron chi connectivity index (χ3n) is 6.83. The summed E-state index contributed by atoms with van der Waals surface area (Å²) < 4.78 is 10.7. The average molecular weight is 583 g/mol. The summed E-state index contributed by atoms with van der Waals surface area (Å²) in [6, 6.07) is 25.3. The van der Waals surface area contributed by atoms with Gasteiger partial charge in [-0.15, -0.1) is 0 Å². The van der Waals surface area contributed by atoms with Crippen LogP contribution < -0.4 is 9.47 Å². The minimum absolute atomic E-state index is 0.0857. The Hall–Kier alpha value is -5.38. The normalized spacial score (nSPS) is 10.6. The lowest BCUT2D eigenvalue weighted by atomic mass is 10.0. The summed E-state index contributed by atoms with van der Waals surface area (Å²) in [4.78, 5) is 45.0. The van der Waals surface area contributed by atoms with Crippen molar-refractivity contribution in [3.05, 3.63) is 140 Å². The van der Waals surface area contributed by atoms with Crippen LogP contribution in [-0.2, 0) is 12.8 Å². The number of non-ortho nitro benzene ring substituents is 2. The van der Waals surface area contributed by atoms with Gasteiger partial charge in [0.2, 0.25) is 0 Å². The molecule has 0 unspecified atom stereocenters. The Bertz CT molecular complexity index is 1430. The maximum absolute atomic E-state index is 12.3. The smallest absolute Gasteiger partial charge is 0.343 e. The van der Waals surface area contributed by atoms with E-state index < -0.39 is 21.8 Å². The molecule has 0 atom stereocenters. The minimum Gasteiger partial charge on any atom is -0.423 e. The number of hydrogen-bond acceptors (Lipinski definition) is 8. The first-order valence-electron chi connectivity index (χ1n) is 13.9. The number of benzene rings is 4. The summed E-state index contributed by atoms with van der Waals surface area (Å²) in [7, 11) is 0. The first-order valence-corrected chi connectivity index (χ1v) is 13.9. The first kappa shape index (κ1) is 30.6. The Morgan fingerprint density at radius 1 is 0.488 bits per heavy atom. The third-order valence-corrected chi connectivity index (χ3v) is 6.83. The van der Waals surface area contributed by atoms with Gasteiger partial charge in [-0.25, -0.2) is 9.59 Å². The summed E-state index contributed by atoms with van der Waals surface area (Å²) in [5.74, 6) is -0.297. The largest absolute Gasteiger partial charge is 0.423 e. The van der Waals surface area contributed by atoms with E-state index in [-0.39, 0.29) is 22.5 Å². The molecule has 0 aliphatic heterocycles. The van der Waals surface area contributed by atoms with E-state index in [9.17, 15) is 29.8 Å². The molecule has 4 aromatic carbocycles. The molecule has 0 radical (unpaired) electrons. The van der Waals surface area contributed by atoms with Crippen molar-refractivity contribution < 1.29 is 28.9 Å². The Morgan fingerprint density at radius 2 is 0.814 bits per heavy atom. The monoisotopic (exact) mass is 582 g/mol. The molecular weight excluding hydrogens is 552 g/mol. The summed E-state index contributed by atoms with van der Waals surface area (Å²) >= 11 is 0. The fourth-order valence-electron chi connectivity index (χ4n) is 4.41. The molecule has 0 aromatic heterocycles. The van der Waals surface area contributed by atoms with Gasteiger partial charge in [-0.2, -0.15) is 0 Å². The number of nitro groups is 2. The third kappa shape index (κ3) is 9.32. The van der Waals surface area contributed by atoms with E-state index in [4.69, 9.17) is 9.47 Å². The Balaban J connectivity index is 1.09. The number of esters is 2. The molecule has 0 aliphatic carbocycles. The summed E-state index contributed by atoms with van der Waals surface area (Å²) in [6.45, 7) is 0. The molecule has 0 bridgehead atoms. The van der Waals surface area contributed by atoms with Crippen molar-refractivity contribution in [2.75, 3.05) is 0 Å². The molecule has 220 valence electrons. The summed E-state index contributed by atoms with van der Waals surface area (Å²) in [5.41, 5.74) is 2.63. The molecule has 10 heteroatoms. The average Bonchev–Trinajstić information content (AvgIpc) is 3.02. The van der Waals surface area contributed by atoms with Gasteiger partial charge in [0.1, 0.15) is 11.5 Å². The Morgan fingerprint density at radius 3 is 1.14 bits per heavy atom. The van der Waals surface area contributed by atoms with Crippen molar-refractivity contribution in [1.82, 2.24) is 0 Å². The van der Waals surface area contributed by atoms with Crippen molar-refractivity contribution in [3.63, 3.8) is 0 Å². The number of nitro benzene ring substituents is 2. The molecule has 43 heavy (non-hydrogen) atoms. The topological polar surface area (TPSA) is 139 Å². The Kier molecular flexibility index (Phi) is 10.7. The minimum atomic E-state index is -0.568. The fraction of sp³-hybridized carbons (Fsp3) is 0.212. The van der Waals surface area contributed by atoms with E-state index in [2.05, 4.69) is 0 Å². The summed E-state index contributed by atoms with van der Waals surface area (Å²) in [5, 5.41) is 21.5. The second-order valence-electron chi connectivity index (χ2n) is 9.94. The van der Waals surface area contributed by atoms with E-state index >= 15 is 0 Å². The van der Waals surface area contributed by atoms with Gasteiger partial charge in [0, 0.05) is 24.3 Å². The number of aryl methyl sites for hydroxylation is 2. The number of nitrogens with zero attached hydrogens (tertiary/aromatic N) is 2. The maximum atomic E-state index is 12.3. The highest BCUT2D eigenvalue weighted by Gasteiger charge is 2.13. The number of rotatable bonds is 14. The van der Waals surface area contributed by atoms with Gasteiger partial charge in [0.25, 0.3) is 11.4 Å². The zero-order valence-electron chi connectivity index (χ0n) is 23.3. The second-order valence-corrected chi connectivity index (χ2v) is 9.94. The quantitative estimate of drug-likeness (QED) is 0.0485. The standard InChI is InChI=1S/C33H30N2O8/c36-32(26-12-16-28(17-13-26)34(38)39)42-30-20-8-24(9-21-30)6-4-2-1-3-5-7-25-10-22-31(23-11-25)43-33(37)27-14-18-29(19-15-27)35(40)41/h8-23H,1-7H2. The lowest BCUT2D eigenvalue weighted by Crippen LogP contribution is -2.08. The number of unbranched alkanes of at least 4 members (excludes halogenated alkanes) is 4. The SMILES string of the molecule is O=C(Oc1ccc(CCCCCCCc2ccc(OC(=O)c3ccc([N+](=O)[O-])cc3)cc2)cc1)c1ccc([N+](=O)[O-])cc1. The second kappa shape index (κ2) is 15.0. The molecule has 4 rings (SSSR count). The van der Waals surface area contributed by atoms with Crippen molar-refractivity contribution in [1.29, 1.82) is 0 Å². The van der Waals surface area contributed by atoms with Gasteiger partial charge in [0.05, 0.1) is 21.0 Å². The fourth-order valence-corrected chi connectivity index (χ4v) is 4.41. The van der Waals surface area contributed by atoms with Gasteiger partial charge in [0.15, 0.2) is 0 Å². The van der Waals surface area contributed by atoms with Crippen molar-refractivity contribution >= 4 is 23.3 Å². The number of carbonyl (C=O) groups is 2. The zero-order valence-corrected chi connectivity index (χ0v) is 23.3. The number of carbonyl (C=O) groups excluding carboxylic acids is 2. The summed E-state index contributed by atoms with van der Waals surface area (Å²) in [6.07, 6.45) is 7.29. The molecule has 0 heterocycles. The highest BCUT2D eigenvalue weighted by molar-refractivity contribution is 5.91. The molecule has 10 nitrogen and oxygen atoms in total. The highest BCUT2D eigenvalue weighted by atomic mass is 16.6. The van der Waals surface area contributed by atoms with Crippen LogP contribution in [-0.4, -0.2) is 21.8 Å². The molecule has 0 fully saturated rings. The Labute approximate surface area is 248 Å². The van der Waals surface area contributed by atoms with Crippen LogP contribution in [0.4, 0.5) is 11.4 Å². The van der Waals surface area contributed by atoms with Crippen LogP contribution in [0.5, 0.6) is 11.5 Å². The molecule has 0 amide bonds. The number of ether oxygens (including phenoxy) is 2. The van der Waals surface area contributed by atoms with Gasteiger partial charge in [-0.1, -0.05) is 43.5 Å². The highest BCUT2D eigenvalue weighted by Crippen LogP contribution is 2.20. The molecule has 0 saturated heterocycles. The lowest BCUT2D eigenvalue weighted by Gasteiger charge is -2.07. The van der Waals surface area contributed by atoms with Crippen molar-refractivity contribution in [3.8, 4) is 11.5 Å². The zero-order chi connectivity index (χ0) is 30.6. The van der Waals surface area contributed by atoms with E-state index in [1.807, 2.05) is 24.3 Å². The van der Waals surface area contributed by atoms with Crippen molar-refractivity contribution in [2.45, 2.75) is 44.9 Å². The van der Waals surface area contributed by atoms with Crippen LogP contribution >= 0.6 is 0 Å². The van der Waals surface area contributed by atoms with Crippen LogP contribution in [0.15, 0.2) is 97.1 Å². The van der Waals surface area contributed by atoms with Crippen LogP contribution in [0.1, 0.15) is 63.9 Å². The van der Waals surface area contributed by atoms with Gasteiger partial charge < -0.3 is 9.47 Å². The molecule has 0 aliphatic rings. The van der Waals surface area contributed by atoms with Crippen LogP contribution in [0.25, 0.3) is 0 Å². The molecule has 0 spiro atoms. The molecule has 4 aromatic rings. The molecule has 0 N–H and O–H groups in total. The lowest BCUT2D eigenvalue weighted by molar-refractivity contribution is -0.385. The predicted molar refractivity (Wildman–Crippen MR) is 159 cm³/mol. The van der Waals surface area contributed by atoms with Gasteiger partial charge >= 0.3 is 11.9 Å². The van der Waals surface area contributed by atoms with E-state index in [1.165, 1.54) is 48.5 Å². The number of hydrogen-bond donors (Lipinski definition) is 0. The predicted octanol–water partition coefficient (Wildman–Crippen LogP) is 7.68. The van der Waals surface area contributed by atoms with E-state index in [0.717, 1.165) is 56.1 Å². The van der Waals surface area contributed by atoms with Gasteiger partial charge in [-0.05, 0) is 85.3 Å². The van der Waals surface area contributed by atoms with Crippen LogP contribution in [0.2, 0.25) is 0 Å². The molecular formula is C33H30N2O8. The van der Waals surface area contributed by atoms with Crippen molar-refractivity contribution in [2.24, 2.45) is 0 Å². The van der Waals surface area contributed by atoms with E-state index in [1.54, 1.807) is 24.3 Å². The van der Waals surface area contributed by atoms with E-state index in [0.29, 0.717) is 11.5 Å². The molecule has 0 saturated carbocycles. The van der Waals surface area contributed by atoms with Gasteiger partial charge in [-0.3, -0.25) is 20.2 Å². The van der Waals surface area contributed by atoms with Crippen LogP contribution in [0, 0.1) is 20.2 Å².